The number of hydrogen-bond acceptors (Lipinski definition) is 2. The summed E-state index contributed by atoms with van der Waals surface area (Å²) in [6.45, 7) is 2.18. The number of fused-ring (bicyclic) bond motifs is 1. The van der Waals surface area contributed by atoms with Crippen molar-refractivity contribution in [2.45, 2.75) is 13.0 Å². The summed E-state index contributed by atoms with van der Waals surface area (Å²) in [7, 11) is 0. The summed E-state index contributed by atoms with van der Waals surface area (Å²) in [6.07, 6.45) is -0.604. The van der Waals surface area contributed by atoms with Gasteiger partial charge in [0.2, 0.25) is 0 Å². The molecule has 1 aromatic carbocycles. The van der Waals surface area contributed by atoms with Crippen LogP contribution in [0.4, 0.5) is 0 Å². The molecule has 4 heteroatoms. The Kier molecular flexibility index (Phi) is 2.82. The van der Waals surface area contributed by atoms with Crippen LogP contribution in [0, 0.1) is 6.92 Å². The second-order valence-electron chi connectivity index (χ2n) is 3.58. The van der Waals surface area contributed by atoms with Crippen LogP contribution in [0.1, 0.15) is 17.4 Å². The minimum absolute atomic E-state index is 0.236. The molecule has 1 heterocycles. The number of hydrogen-bond donors (Lipinski definition) is 3. The Morgan fingerprint density at radius 2 is 2.27 bits per heavy atom. The Bertz CT molecular complexity index is 493. The van der Waals surface area contributed by atoms with E-state index in [0.29, 0.717) is 0 Å². The predicted molar refractivity (Wildman–Crippen MR) is 64.7 cm³/mol. The summed E-state index contributed by atoms with van der Waals surface area (Å²) >= 11 is 3.47. The first-order chi connectivity index (χ1) is 7.15. The first kappa shape index (κ1) is 10.7. The lowest BCUT2D eigenvalue weighted by Gasteiger charge is -2.07. The summed E-state index contributed by atoms with van der Waals surface area (Å²) < 4.78 is 0.999. The Balaban J connectivity index is 2.73. The molecule has 4 N–H and O–H groups in total. The fraction of sp³-hybridized carbons (Fsp3) is 0.273. The normalized spacial score (nSPS) is 13.3. The maximum Gasteiger partial charge on any atom is 0.0935 e. The van der Waals surface area contributed by atoms with Gasteiger partial charge in [-0.2, -0.15) is 0 Å². The van der Waals surface area contributed by atoms with Crippen molar-refractivity contribution in [2.24, 2.45) is 5.73 Å². The number of aliphatic hydroxyl groups is 1. The molecule has 0 aliphatic heterocycles. The van der Waals surface area contributed by atoms with Gasteiger partial charge in [0.1, 0.15) is 0 Å². The van der Waals surface area contributed by atoms with Crippen molar-refractivity contribution in [2.75, 3.05) is 6.54 Å². The first-order valence-corrected chi connectivity index (χ1v) is 5.59. The lowest BCUT2D eigenvalue weighted by molar-refractivity contribution is 0.187. The van der Waals surface area contributed by atoms with Crippen LogP contribution in [0.25, 0.3) is 10.9 Å². The number of benzene rings is 1. The molecule has 0 amide bonds. The van der Waals surface area contributed by atoms with E-state index in [2.05, 4.69) is 20.9 Å². The van der Waals surface area contributed by atoms with E-state index in [9.17, 15) is 5.11 Å². The lowest BCUT2D eigenvalue weighted by atomic mass is 10.1. The van der Waals surface area contributed by atoms with Crippen LogP contribution in [0.15, 0.2) is 22.7 Å². The van der Waals surface area contributed by atoms with Gasteiger partial charge in [0.05, 0.1) is 11.6 Å². The number of H-pyrrole nitrogens is 1. The second kappa shape index (κ2) is 3.96. The molecule has 0 aliphatic rings. The summed E-state index contributed by atoms with van der Waals surface area (Å²) in [5.41, 5.74) is 8.36. The third-order valence-corrected chi connectivity index (χ3v) is 3.24. The number of nitrogens with two attached hydrogens (primary N) is 1. The summed E-state index contributed by atoms with van der Waals surface area (Å²) in [5.74, 6) is 0. The van der Waals surface area contributed by atoms with Gasteiger partial charge in [-0.15, -0.1) is 0 Å². The molecule has 0 radical (unpaired) electrons. The average Bonchev–Trinajstić information content (AvgIpc) is 2.55. The third kappa shape index (κ3) is 1.69. The van der Waals surface area contributed by atoms with Crippen molar-refractivity contribution >= 4 is 26.8 Å². The SMILES string of the molecule is Cc1[nH]c2c(Br)cccc2c1C(O)CN. The summed E-state index contributed by atoms with van der Waals surface area (Å²) in [6, 6.07) is 5.90. The van der Waals surface area contributed by atoms with Gasteiger partial charge in [-0.05, 0) is 28.9 Å². The third-order valence-electron chi connectivity index (χ3n) is 2.58. The van der Waals surface area contributed by atoms with Gasteiger partial charge in [-0.25, -0.2) is 0 Å². The van der Waals surface area contributed by atoms with Crippen LogP contribution < -0.4 is 5.73 Å². The highest BCUT2D eigenvalue weighted by molar-refractivity contribution is 9.10. The molecule has 1 atom stereocenters. The van der Waals surface area contributed by atoms with Gasteiger partial charge in [-0.1, -0.05) is 12.1 Å². The van der Waals surface area contributed by atoms with E-state index in [1.807, 2.05) is 25.1 Å². The molecule has 0 saturated carbocycles. The molecule has 2 rings (SSSR count). The van der Waals surface area contributed by atoms with E-state index in [-0.39, 0.29) is 6.54 Å². The minimum atomic E-state index is -0.604. The Morgan fingerprint density at radius 3 is 2.93 bits per heavy atom. The molecule has 1 aromatic heterocycles. The van der Waals surface area contributed by atoms with E-state index < -0.39 is 6.10 Å². The van der Waals surface area contributed by atoms with Crippen LogP contribution in [-0.2, 0) is 0 Å². The number of halogens is 1. The minimum Gasteiger partial charge on any atom is -0.387 e. The van der Waals surface area contributed by atoms with Crippen LogP contribution in [0.2, 0.25) is 0 Å². The van der Waals surface area contributed by atoms with Crippen molar-refractivity contribution in [3.05, 3.63) is 33.9 Å². The van der Waals surface area contributed by atoms with Crippen LogP contribution in [0.3, 0.4) is 0 Å². The predicted octanol–water partition coefficient (Wildman–Crippen LogP) is 2.23. The fourth-order valence-corrected chi connectivity index (χ4v) is 2.35. The maximum atomic E-state index is 9.83. The topological polar surface area (TPSA) is 62.0 Å². The van der Waals surface area contributed by atoms with Crippen LogP contribution >= 0.6 is 15.9 Å². The molecule has 80 valence electrons. The average molecular weight is 269 g/mol. The number of aromatic amines is 1. The number of para-hydroxylation sites is 1. The fourth-order valence-electron chi connectivity index (χ4n) is 1.88. The monoisotopic (exact) mass is 268 g/mol. The van der Waals surface area contributed by atoms with E-state index in [1.54, 1.807) is 0 Å². The molecule has 15 heavy (non-hydrogen) atoms. The second-order valence-corrected chi connectivity index (χ2v) is 4.43. The summed E-state index contributed by atoms with van der Waals surface area (Å²) in [5, 5.41) is 10.9. The Labute approximate surface area is 96.4 Å². The number of aliphatic hydroxyl groups excluding tert-OH is 1. The van der Waals surface area contributed by atoms with Crippen molar-refractivity contribution in [3.8, 4) is 0 Å². The van der Waals surface area contributed by atoms with Crippen LogP contribution in [0.5, 0.6) is 0 Å². The molecule has 0 spiro atoms. The standard InChI is InChI=1S/C11H13BrN2O/c1-6-10(9(15)5-13)7-3-2-4-8(12)11(7)14-6/h2-4,9,14-15H,5,13H2,1H3. The summed E-state index contributed by atoms with van der Waals surface area (Å²) in [4.78, 5) is 3.25. The Morgan fingerprint density at radius 1 is 1.53 bits per heavy atom. The highest BCUT2D eigenvalue weighted by Crippen LogP contribution is 2.31. The Hall–Kier alpha value is -0.840. The van der Waals surface area contributed by atoms with Gasteiger partial charge in [0.25, 0.3) is 0 Å². The van der Waals surface area contributed by atoms with Gasteiger partial charge in [-0.3, -0.25) is 0 Å². The zero-order valence-corrected chi connectivity index (χ0v) is 10.0. The van der Waals surface area contributed by atoms with Gasteiger partial charge in [0.15, 0.2) is 0 Å². The van der Waals surface area contributed by atoms with E-state index >= 15 is 0 Å². The maximum absolute atomic E-state index is 9.83. The number of aromatic nitrogens is 1. The number of rotatable bonds is 2. The van der Waals surface area contributed by atoms with Crippen molar-refractivity contribution in [1.29, 1.82) is 0 Å². The molecule has 3 nitrogen and oxygen atoms in total. The van der Waals surface area contributed by atoms with E-state index in [1.165, 1.54) is 0 Å². The van der Waals surface area contributed by atoms with Crippen molar-refractivity contribution in [1.82, 2.24) is 4.98 Å². The molecular formula is C11H13BrN2O. The zero-order chi connectivity index (χ0) is 11.0. The zero-order valence-electron chi connectivity index (χ0n) is 8.42. The van der Waals surface area contributed by atoms with Gasteiger partial charge < -0.3 is 15.8 Å². The molecule has 2 aromatic rings. The van der Waals surface area contributed by atoms with Crippen molar-refractivity contribution in [3.63, 3.8) is 0 Å². The molecule has 0 saturated heterocycles. The van der Waals surface area contributed by atoms with Gasteiger partial charge in [0, 0.05) is 27.7 Å². The van der Waals surface area contributed by atoms with Crippen LogP contribution in [-0.4, -0.2) is 16.6 Å². The van der Waals surface area contributed by atoms with Crippen molar-refractivity contribution < 1.29 is 5.11 Å². The first-order valence-electron chi connectivity index (χ1n) is 4.80. The number of nitrogens with one attached hydrogen (secondary N) is 1. The largest absolute Gasteiger partial charge is 0.387 e. The highest BCUT2D eigenvalue weighted by Gasteiger charge is 2.15. The highest BCUT2D eigenvalue weighted by atomic mass is 79.9. The van der Waals surface area contributed by atoms with E-state index in [4.69, 9.17) is 5.73 Å². The molecule has 0 fully saturated rings. The smallest absolute Gasteiger partial charge is 0.0935 e. The quantitative estimate of drug-likeness (QED) is 0.782. The molecule has 0 aliphatic carbocycles. The molecule has 0 bridgehead atoms. The lowest BCUT2D eigenvalue weighted by Crippen LogP contribution is -2.12. The molecular weight excluding hydrogens is 256 g/mol. The van der Waals surface area contributed by atoms with Gasteiger partial charge >= 0.3 is 0 Å². The number of aryl methyl sites for hydroxylation is 1. The molecule has 1 unspecified atom stereocenters. The van der Waals surface area contributed by atoms with E-state index in [0.717, 1.165) is 26.6 Å².